The van der Waals surface area contributed by atoms with E-state index in [0.717, 1.165) is 47.7 Å². The van der Waals surface area contributed by atoms with Gasteiger partial charge in [0.2, 0.25) is 0 Å². The van der Waals surface area contributed by atoms with Crippen molar-refractivity contribution < 1.29 is 9.53 Å². The molecule has 2 N–H and O–H groups in total. The molecule has 138 valence electrons. The van der Waals surface area contributed by atoms with E-state index in [1.165, 1.54) is 0 Å². The van der Waals surface area contributed by atoms with Crippen molar-refractivity contribution in [3.05, 3.63) is 35.7 Å². The van der Waals surface area contributed by atoms with Crippen LogP contribution in [0.3, 0.4) is 0 Å². The predicted octanol–water partition coefficient (Wildman–Crippen LogP) is 3.12. The summed E-state index contributed by atoms with van der Waals surface area (Å²) in [5, 5.41) is 0. The molecule has 1 aliphatic rings. The smallest absolute Gasteiger partial charge is 0.310 e. The maximum Gasteiger partial charge on any atom is 0.310 e. The van der Waals surface area contributed by atoms with Crippen molar-refractivity contribution in [1.82, 2.24) is 9.97 Å². The SMILES string of the molecule is CCOC(=O)[C@H]1CCCN(c2ccc(-c3nc(N)c(C)nc3C)cc2)C1. The number of carbonyl (C=O) groups excluding carboxylic acids is 1. The first-order valence-electron chi connectivity index (χ1n) is 9.12. The first-order valence-corrected chi connectivity index (χ1v) is 9.12. The van der Waals surface area contributed by atoms with Crippen LogP contribution in [0, 0.1) is 19.8 Å². The Bertz CT molecular complexity index is 789. The zero-order valence-corrected chi connectivity index (χ0v) is 15.7. The standard InChI is InChI=1S/C20H26N4O2/c1-4-26-20(25)16-6-5-11-24(12-16)17-9-7-15(8-10-17)18-13(2)22-14(3)19(21)23-18/h7-10,16H,4-6,11-12H2,1-3H3,(H2,21,23)/t16-/m0/s1. The second-order valence-corrected chi connectivity index (χ2v) is 6.71. The van der Waals surface area contributed by atoms with E-state index in [2.05, 4.69) is 27.0 Å². The van der Waals surface area contributed by atoms with Crippen LogP contribution in [0.25, 0.3) is 11.3 Å². The number of nitrogens with zero attached hydrogens (tertiary/aromatic N) is 3. The van der Waals surface area contributed by atoms with Gasteiger partial charge in [-0.15, -0.1) is 0 Å². The van der Waals surface area contributed by atoms with Crippen LogP contribution in [-0.4, -0.2) is 35.6 Å². The lowest BCUT2D eigenvalue weighted by molar-refractivity contribution is -0.148. The molecule has 0 bridgehead atoms. The quantitative estimate of drug-likeness (QED) is 0.850. The molecule has 2 aromatic rings. The number of aryl methyl sites for hydroxylation is 2. The lowest BCUT2D eigenvalue weighted by atomic mass is 9.97. The lowest BCUT2D eigenvalue weighted by Gasteiger charge is -2.33. The fraction of sp³-hybridized carbons (Fsp3) is 0.450. The molecule has 26 heavy (non-hydrogen) atoms. The fourth-order valence-corrected chi connectivity index (χ4v) is 3.41. The third-order valence-electron chi connectivity index (χ3n) is 4.83. The number of piperidine rings is 1. The van der Waals surface area contributed by atoms with Crippen LogP contribution in [0.5, 0.6) is 0 Å². The molecule has 0 amide bonds. The Morgan fingerprint density at radius 1 is 1.23 bits per heavy atom. The zero-order chi connectivity index (χ0) is 18.7. The molecule has 1 fully saturated rings. The predicted molar refractivity (Wildman–Crippen MR) is 103 cm³/mol. The summed E-state index contributed by atoms with van der Waals surface area (Å²) in [5.41, 5.74) is 10.4. The molecule has 0 unspecified atom stereocenters. The van der Waals surface area contributed by atoms with Gasteiger partial charge in [0.1, 0.15) is 5.82 Å². The van der Waals surface area contributed by atoms with Crippen LogP contribution in [0.1, 0.15) is 31.2 Å². The monoisotopic (exact) mass is 354 g/mol. The number of benzene rings is 1. The molecule has 0 radical (unpaired) electrons. The van der Waals surface area contributed by atoms with E-state index in [0.29, 0.717) is 19.0 Å². The first-order chi connectivity index (χ1) is 12.5. The molecule has 0 spiro atoms. The lowest BCUT2D eigenvalue weighted by Crippen LogP contribution is -2.39. The largest absolute Gasteiger partial charge is 0.466 e. The summed E-state index contributed by atoms with van der Waals surface area (Å²) in [7, 11) is 0. The summed E-state index contributed by atoms with van der Waals surface area (Å²) >= 11 is 0. The van der Waals surface area contributed by atoms with Gasteiger partial charge in [0.15, 0.2) is 0 Å². The second-order valence-electron chi connectivity index (χ2n) is 6.71. The molecule has 6 nitrogen and oxygen atoms in total. The summed E-state index contributed by atoms with van der Waals surface area (Å²) in [5.74, 6) is 0.325. The van der Waals surface area contributed by atoms with Gasteiger partial charge in [0, 0.05) is 24.3 Å². The van der Waals surface area contributed by atoms with Crippen molar-refractivity contribution >= 4 is 17.5 Å². The number of hydrogen-bond donors (Lipinski definition) is 1. The number of aromatic nitrogens is 2. The summed E-state index contributed by atoms with van der Waals surface area (Å²) in [4.78, 5) is 23.2. The van der Waals surface area contributed by atoms with Crippen molar-refractivity contribution in [3.63, 3.8) is 0 Å². The number of anilines is 2. The molecule has 3 rings (SSSR count). The number of rotatable bonds is 4. The molecule has 0 aliphatic carbocycles. The van der Waals surface area contributed by atoms with Crippen molar-refractivity contribution in [2.24, 2.45) is 5.92 Å². The van der Waals surface area contributed by atoms with E-state index >= 15 is 0 Å². The first kappa shape index (κ1) is 18.2. The van der Waals surface area contributed by atoms with Crippen molar-refractivity contribution in [1.29, 1.82) is 0 Å². The highest BCUT2D eigenvalue weighted by atomic mass is 16.5. The molecule has 1 aromatic carbocycles. The molecule has 1 atom stereocenters. The minimum atomic E-state index is -0.0881. The zero-order valence-electron chi connectivity index (χ0n) is 15.7. The summed E-state index contributed by atoms with van der Waals surface area (Å²) in [6, 6.07) is 8.21. The highest BCUT2D eigenvalue weighted by Crippen LogP contribution is 2.28. The number of esters is 1. The third kappa shape index (κ3) is 3.79. The van der Waals surface area contributed by atoms with E-state index in [4.69, 9.17) is 10.5 Å². The van der Waals surface area contributed by atoms with E-state index < -0.39 is 0 Å². The molecule has 1 aromatic heterocycles. The van der Waals surface area contributed by atoms with Crippen LogP contribution in [0.4, 0.5) is 11.5 Å². The highest BCUT2D eigenvalue weighted by molar-refractivity contribution is 5.74. The Kier molecular flexibility index (Phi) is 5.40. The van der Waals surface area contributed by atoms with Crippen LogP contribution < -0.4 is 10.6 Å². The van der Waals surface area contributed by atoms with Crippen molar-refractivity contribution in [2.75, 3.05) is 30.3 Å². The Morgan fingerprint density at radius 2 is 1.96 bits per heavy atom. The van der Waals surface area contributed by atoms with E-state index in [1.54, 1.807) is 0 Å². The van der Waals surface area contributed by atoms with Crippen molar-refractivity contribution in [3.8, 4) is 11.3 Å². The topological polar surface area (TPSA) is 81.3 Å². The maximum atomic E-state index is 12.0. The van der Waals surface area contributed by atoms with Crippen LogP contribution in [-0.2, 0) is 9.53 Å². The molecule has 1 aliphatic heterocycles. The summed E-state index contributed by atoms with van der Waals surface area (Å²) < 4.78 is 5.18. The summed E-state index contributed by atoms with van der Waals surface area (Å²) in [6.45, 7) is 7.74. The molecule has 1 saturated heterocycles. The van der Waals surface area contributed by atoms with Crippen molar-refractivity contribution in [2.45, 2.75) is 33.6 Å². The minimum absolute atomic E-state index is 0.0478. The molecular formula is C20H26N4O2. The van der Waals surface area contributed by atoms with Crippen LogP contribution in [0.15, 0.2) is 24.3 Å². The molecule has 0 saturated carbocycles. The van der Waals surface area contributed by atoms with Gasteiger partial charge in [-0.05, 0) is 45.7 Å². The van der Waals surface area contributed by atoms with Gasteiger partial charge in [-0.2, -0.15) is 0 Å². The molecule has 2 heterocycles. The number of nitrogen functional groups attached to an aromatic ring is 1. The Hall–Kier alpha value is -2.63. The molecular weight excluding hydrogens is 328 g/mol. The van der Waals surface area contributed by atoms with Gasteiger partial charge >= 0.3 is 5.97 Å². The Balaban J connectivity index is 1.77. The van der Waals surface area contributed by atoms with Crippen LogP contribution in [0.2, 0.25) is 0 Å². The maximum absolute atomic E-state index is 12.0. The average Bonchev–Trinajstić information content (AvgIpc) is 2.65. The van der Waals surface area contributed by atoms with Gasteiger partial charge in [0.05, 0.1) is 29.6 Å². The second kappa shape index (κ2) is 7.72. The van der Waals surface area contributed by atoms with Crippen LogP contribution >= 0.6 is 0 Å². The average molecular weight is 354 g/mol. The number of hydrogen-bond acceptors (Lipinski definition) is 6. The van der Waals surface area contributed by atoms with E-state index in [-0.39, 0.29) is 11.9 Å². The van der Waals surface area contributed by atoms with E-state index in [1.807, 2.05) is 32.9 Å². The van der Waals surface area contributed by atoms with Gasteiger partial charge in [0.25, 0.3) is 0 Å². The van der Waals surface area contributed by atoms with Gasteiger partial charge in [-0.25, -0.2) is 4.98 Å². The summed E-state index contributed by atoms with van der Waals surface area (Å²) in [6.07, 6.45) is 1.88. The normalized spacial score (nSPS) is 17.2. The Labute approximate surface area is 154 Å². The number of nitrogens with two attached hydrogens (primary N) is 1. The third-order valence-corrected chi connectivity index (χ3v) is 4.83. The van der Waals surface area contributed by atoms with Gasteiger partial charge in [-0.1, -0.05) is 12.1 Å². The highest BCUT2D eigenvalue weighted by Gasteiger charge is 2.27. The number of ether oxygens (including phenoxy) is 1. The molecule has 6 heteroatoms. The van der Waals surface area contributed by atoms with Gasteiger partial charge < -0.3 is 15.4 Å². The Morgan fingerprint density at radius 3 is 2.65 bits per heavy atom. The minimum Gasteiger partial charge on any atom is -0.466 e. The fourth-order valence-electron chi connectivity index (χ4n) is 3.41. The van der Waals surface area contributed by atoms with E-state index in [9.17, 15) is 4.79 Å². The van der Waals surface area contributed by atoms with Gasteiger partial charge in [-0.3, -0.25) is 9.78 Å². The number of carbonyl (C=O) groups is 1.